The van der Waals surface area contributed by atoms with Crippen molar-refractivity contribution in [2.45, 2.75) is 134 Å². The summed E-state index contributed by atoms with van der Waals surface area (Å²) in [4.78, 5) is 99.0. The molecule has 528 valence electrons. The first-order valence-electron chi connectivity index (χ1n) is 31.2. The fourth-order valence-corrected chi connectivity index (χ4v) is 8.40. The first kappa shape index (κ1) is 85.2. The van der Waals surface area contributed by atoms with Gasteiger partial charge in [-0.3, -0.25) is 14.8 Å². The van der Waals surface area contributed by atoms with Gasteiger partial charge in [-0.2, -0.15) is 0 Å². The van der Waals surface area contributed by atoms with E-state index in [4.69, 9.17) is 40.4 Å². The number of aliphatic hydroxyl groups excluding tert-OH is 4. The van der Waals surface area contributed by atoms with Crippen molar-refractivity contribution in [1.29, 1.82) is 0 Å². The second-order valence-corrected chi connectivity index (χ2v) is 22.2. The van der Waals surface area contributed by atoms with Crippen molar-refractivity contribution in [2.24, 2.45) is 20.0 Å². The third-order valence-electron chi connectivity index (χ3n) is 14.3. The summed E-state index contributed by atoms with van der Waals surface area (Å²) in [6.45, 7) is 26.9. The second-order valence-electron chi connectivity index (χ2n) is 22.2. The van der Waals surface area contributed by atoms with Gasteiger partial charge < -0.3 is 82.2 Å². The van der Waals surface area contributed by atoms with Crippen LogP contribution in [0.25, 0.3) is 39.0 Å². The quantitative estimate of drug-likeness (QED) is 0.0186. The maximum atomic E-state index is 11.1. The van der Waals surface area contributed by atoms with Crippen LogP contribution in [0.15, 0.2) is 170 Å². The van der Waals surface area contributed by atoms with E-state index in [1.165, 1.54) is 16.7 Å². The minimum atomic E-state index is -2.27. The Bertz CT molecular complexity index is 4160. The number of aliphatic carboxylic acids is 2. The molecular weight excluding hydrogens is 1330 g/mol. The number of carboxylic acid groups (broad SMARTS) is 2. The number of hydrogen-bond donors (Lipinski definition) is 9. The zero-order valence-corrected chi connectivity index (χ0v) is 59.6. The number of aldehydes is 1. The van der Waals surface area contributed by atoms with Crippen LogP contribution in [-0.4, -0.2) is 150 Å². The molecule has 4 aliphatic heterocycles. The van der Waals surface area contributed by atoms with E-state index in [1.807, 2.05) is 74.1 Å². The Morgan fingerprint density at radius 1 is 0.485 bits per heavy atom. The molecule has 9 rings (SSSR count). The van der Waals surface area contributed by atoms with Crippen molar-refractivity contribution in [1.82, 2.24) is 24.9 Å². The first-order valence-corrected chi connectivity index (χ1v) is 31.2. The molecule has 0 fully saturated rings. The molecule has 0 bridgehead atoms. The normalized spacial score (nSPS) is 16.3. The smallest absolute Gasteiger partial charge is 1.00 e. The van der Waals surface area contributed by atoms with Crippen LogP contribution >= 0.6 is 0 Å². The minimum absolute atomic E-state index is 0. The predicted octanol–water partition coefficient (Wildman–Crippen LogP) is 3.83. The molecule has 0 radical (unpaired) electrons. The number of allylic oxidation sites excluding steroid dienone is 12. The molecule has 0 amide bonds. The number of aromatic amines is 3. The van der Waals surface area contributed by atoms with Crippen LogP contribution in [0.5, 0.6) is 0 Å². The number of aromatic nitrogens is 5. The standard InChI is InChI=1S/C25H26N4.C25H24N4.C10H18O6.C5H8O3.C4H5N.C4H6O6.ClH.Mn/c2*1-15(2)19-8-9-22(27-19)17(4)23-12-13-25(29-23)18(5)24-11-10-21(28-24)16(3)20-7-6-14-26-20;1-3-5-15-9(13)7(11)8(12)10(14)16-6-4-2;1-2-3-8-5(7)4-6;1-2-4-5-3-1;5-1(3(7)8)2(6)4(9)10;;/h6-14,28-29H,1-5H3;6-14H,1-5H3;7-8,11-12H,3-6H2,1-2H3;4H,2-3H2,1H3;1-5H;1-2,5-6H,(H,7,8)(H,9,10);1H;/q;-2;;;;;;+3/p-1/b20-16-,23-17?,25-18-;;;;;;;. The number of carboxylic acids is 2. The summed E-state index contributed by atoms with van der Waals surface area (Å²) in [5, 5.41) is 55.2. The molecule has 0 saturated heterocycles. The summed E-state index contributed by atoms with van der Waals surface area (Å²) in [6, 6.07) is 20.6. The van der Waals surface area contributed by atoms with Gasteiger partial charge in [0.25, 0.3) is 0 Å². The minimum Gasteiger partial charge on any atom is -1.00 e. The van der Waals surface area contributed by atoms with Gasteiger partial charge in [0.15, 0.2) is 24.4 Å². The van der Waals surface area contributed by atoms with Gasteiger partial charge in [0.1, 0.15) is 0 Å². The van der Waals surface area contributed by atoms with E-state index in [9.17, 15) is 39.0 Å². The molecule has 99 heavy (non-hydrogen) atoms. The monoisotopic (exact) mass is 1420 g/mol. The number of halogens is 1. The van der Waals surface area contributed by atoms with Crippen molar-refractivity contribution < 1.29 is 103 Å². The average Bonchev–Trinajstić information content (AvgIpc) is 1.69. The molecule has 26 heteroatoms. The topological polar surface area (TPSA) is 376 Å². The van der Waals surface area contributed by atoms with Crippen molar-refractivity contribution in [3.05, 3.63) is 194 Å². The molecule has 0 spiro atoms. The fraction of sp³-hybridized carbons (Fsp3) is 0.315. The molecule has 4 unspecified atom stereocenters. The molecule has 5 aromatic rings. The van der Waals surface area contributed by atoms with E-state index in [2.05, 4.69) is 169 Å². The molecule has 0 aliphatic carbocycles. The van der Waals surface area contributed by atoms with Gasteiger partial charge >= 0.3 is 46.9 Å². The number of nitrogens with zero attached hydrogens (tertiary/aromatic N) is 6. The number of nitrogens with one attached hydrogen (secondary N) is 3. The van der Waals surface area contributed by atoms with Crippen LogP contribution in [-0.2, 0) is 60.0 Å². The number of carbonyl (C=O) groups excluding carboxylic acids is 4. The van der Waals surface area contributed by atoms with Gasteiger partial charge in [0.2, 0.25) is 6.29 Å². The van der Waals surface area contributed by atoms with Crippen molar-refractivity contribution in [3.63, 3.8) is 0 Å². The van der Waals surface area contributed by atoms with Gasteiger partial charge in [-0.1, -0.05) is 56.2 Å². The SMILES string of the molecule is CC(=C1C=CC=N1)c1ccc(C(C)=C2C=CC(C(C)=c3ccc(=C(C)C)[n-]3)=N2)[n-]1.CC(C)=C1C=CC(C(C)=c2cc/c(=C(\C)c3ccc(/C(C)=C4/C=CC=N4)[nH]3)[nH]2)=N1.CCCOC(=O)C(O)C(O)C(=O)OCCC.CCCOC(=O)C=O.O=C(O)C(O)C(O)C(=O)O.[Cl-].[Mn+3].c1cc[nH]c1. The number of rotatable bonds is 19. The van der Waals surface area contributed by atoms with Crippen LogP contribution in [0.1, 0.15) is 132 Å². The average molecular weight is 1420 g/mol. The largest absolute Gasteiger partial charge is 3.00 e. The van der Waals surface area contributed by atoms with Crippen LogP contribution in [0.4, 0.5) is 0 Å². The first-order chi connectivity index (χ1) is 46.2. The number of H-pyrrole nitrogens is 3. The number of ether oxygens (including phenoxy) is 3. The summed E-state index contributed by atoms with van der Waals surface area (Å²) >= 11 is 0. The van der Waals surface area contributed by atoms with Gasteiger partial charge in [-0.25, -0.2) is 34.0 Å². The van der Waals surface area contributed by atoms with Gasteiger partial charge in [0, 0.05) is 46.9 Å². The summed E-state index contributed by atoms with van der Waals surface area (Å²) < 4.78 is 13.5. The number of aliphatic hydroxyl groups is 4. The van der Waals surface area contributed by atoms with Crippen LogP contribution in [0.2, 0.25) is 0 Å². The Hall–Kier alpha value is -9.85. The zero-order chi connectivity index (χ0) is 71.9. The maximum Gasteiger partial charge on any atom is 3.00 e. The van der Waals surface area contributed by atoms with E-state index in [1.54, 1.807) is 20.1 Å². The Balaban J connectivity index is 0.000000442. The fourth-order valence-electron chi connectivity index (χ4n) is 8.40. The van der Waals surface area contributed by atoms with Crippen molar-refractivity contribution in [3.8, 4) is 0 Å². The van der Waals surface area contributed by atoms with E-state index < -0.39 is 54.3 Å². The molecule has 4 aliphatic rings. The number of esters is 3. The van der Waals surface area contributed by atoms with Crippen molar-refractivity contribution >= 4 is 99.0 Å². The number of hydrogen-bond acceptors (Lipinski definition) is 17. The third-order valence-corrected chi connectivity index (χ3v) is 14.3. The van der Waals surface area contributed by atoms with Crippen LogP contribution in [0, 0.1) is 0 Å². The number of aliphatic imine (C=N–C) groups is 4. The van der Waals surface area contributed by atoms with Crippen molar-refractivity contribution in [2.75, 3.05) is 19.8 Å². The molecular formula is C73H87ClMnN9O15. The molecule has 5 aromatic heterocycles. The van der Waals surface area contributed by atoms with Gasteiger partial charge in [0.05, 0.1) is 54.0 Å². The Morgan fingerprint density at radius 2 is 0.929 bits per heavy atom. The summed E-state index contributed by atoms with van der Waals surface area (Å²) in [6.07, 6.45) is 17.4. The van der Waals surface area contributed by atoms with Crippen LogP contribution < -0.4 is 43.8 Å². The Kier molecular flexibility index (Phi) is 37.4. The molecule has 0 aromatic carbocycles. The Morgan fingerprint density at radius 3 is 1.35 bits per heavy atom. The summed E-state index contributed by atoms with van der Waals surface area (Å²) in [5.41, 5.74) is 19.2. The van der Waals surface area contributed by atoms with Gasteiger partial charge in [-0.05, 0) is 207 Å². The maximum absolute atomic E-state index is 11.1. The Labute approximate surface area is 591 Å². The molecule has 9 N–H and O–H groups in total. The predicted molar refractivity (Wildman–Crippen MR) is 375 cm³/mol. The number of carbonyl (C=O) groups is 6. The zero-order valence-electron chi connectivity index (χ0n) is 57.6. The van der Waals surface area contributed by atoms with E-state index in [0.717, 1.165) is 113 Å². The molecule has 0 saturated carbocycles. The third kappa shape index (κ3) is 26.5. The van der Waals surface area contributed by atoms with E-state index >= 15 is 0 Å². The molecule has 24 nitrogen and oxygen atoms in total. The second kappa shape index (κ2) is 43.4. The molecule has 9 heterocycles. The van der Waals surface area contributed by atoms with Gasteiger partial charge in [-0.15, -0.1) is 22.1 Å². The molecule has 4 atom stereocenters. The summed E-state index contributed by atoms with van der Waals surface area (Å²) in [5.74, 6) is -6.37. The van der Waals surface area contributed by atoms with E-state index in [0.29, 0.717) is 19.4 Å². The summed E-state index contributed by atoms with van der Waals surface area (Å²) in [7, 11) is 0. The van der Waals surface area contributed by atoms with E-state index in [-0.39, 0.29) is 49.0 Å². The van der Waals surface area contributed by atoms with Crippen LogP contribution in [0.3, 0.4) is 0 Å².